The van der Waals surface area contributed by atoms with Crippen LogP contribution in [0.5, 0.6) is 0 Å². The molecule has 0 aliphatic heterocycles. The van der Waals surface area contributed by atoms with Crippen LogP contribution in [0, 0.1) is 13.8 Å². The highest BCUT2D eigenvalue weighted by atomic mass is 32.2. The molecule has 0 saturated heterocycles. The first kappa shape index (κ1) is 14.5. The van der Waals surface area contributed by atoms with Crippen LogP contribution in [0.15, 0.2) is 22.5 Å². The molecule has 0 spiro atoms. The second-order valence-electron chi connectivity index (χ2n) is 4.43. The van der Waals surface area contributed by atoms with Gasteiger partial charge in [0, 0.05) is 19.3 Å². The van der Waals surface area contributed by atoms with E-state index in [0.717, 1.165) is 22.3 Å². The number of aromatic nitrogens is 2. The number of ether oxygens (including phenoxy) is 1. The Bertz CT molecular complexity index is 540. The lowest BCUT2D eigenvalue weighted by Crippen LogP contribution is -1.95. The van der Waals surface area contributed by atoms with Crippen LogP contribution in [0.1, 0.15) is 22.5 Å². The van der Waals surface area contributed by atoms with E-state index in [-0.39, 0.29) is 0 Å². The topological polar surface area (TPSA) is 35.0 Å². The van der Waals surface area contributed by atoms with Crippen molar-refractivity contribution in [2.24, 2.45) is 0 Å². The summed E-state index contributed by atoms with van der Waals surface area (Å²) in [6.45, 7) is 4.97. The highest BCUT2D eigenvalue weighted by Gasteiger charge is 2.05. The smallest absolute Gasteiger partial charge is 0.170 e. The fourth-order valence-electron chi connectivity index (χ4n) is 1.63. The molecule has 0 saturated carbocycles. The molecule has 102 valence electrons. The Hall–Kier alpha value is -0.910. The predicted molar refractivity (Wildman–Crippen MR) is 81.0 cm³/mol. The van der Waals surface area contributed by atoms with Crippen LogP contribution in [0.25, 0.3) is 0 Å². The molecule has 0 bridgehead atoms. The quantitative estimate of drug-likeness (QED) is 0.762. The van der Waals surface area contributed by atoms with Crippen molar-refractivity contribution in [3.8, 4) is 0 Å². The number of aryl methyl sites for hydroxylation is 2. The lowest BCUT2D eigenvalue weighted by molar-refractivity contribution is 0.200. The van der Waals surface area contributed by atoms with E-state index < -0.39 is 0 Å². The van der Waals surface area contributed by atoms with Crippen molar-refractivity contribution in [3.63, 3.8) is 0 Å². The molecule has 0 atom stereocenters. The van der Waals surface area contributed by atoms with Gasteiger partial charge in [-0.2, -0.15) is 4.37 Å². The van der Waals surface area contributed by atoms with Gasteiger partial charge in [-0.15, -0.1) is 0 Å². The van der Waals surface area contributed by atoms with Gasteiger partial charge in [-0.25, -0.2) is 4.98 Å². The van der Waals surface area contributed by atoms with E-state index in [1.807, 2.05) is 0 Å². The van der Waals surface area contributed by atoms with Crippen molar-refractivity contribution < 1.29 is 4.74 Å². The van der Waals surface area contributed by atoms with Crippen LogP contribution in [0.2, 0.25) is 0 Å². The molecule has 0 amide bonds. The molecular weight excluding hydrogens is 276 g/mol. The molecule has 0 aliphatic rings. The highest BCUT2D eigenvalue weighted by molar-refractivity contribution is 8.00. The van der Waals surface area contributed by atoms with E-state index in [2.05, 4.69) is 41.4 Å². The molecule has 1 aromatic carbocycles. The number of thioether (sulfide) groups is 1. The van der Waals surface area contributed by atoms with E-state index in [9.17, 15) is 0 Å². The van der Waals surface area contributed by atoms with Gasteiger partial charge >= 0.3 is 0 Å². The van der Waals surface area contributed by atoms with Crippen molar-refractivity contribution >= 4 is 23.3 Å². The van der Waals surface area contributed by atoms with Crippen molar-refractivity contribution in [2.45, 2.75) is 30.4 Å². The maximum atomic E-state index is 5.03. The Balaban J connectivity index is 1.91. The van der Waals surface area contributed by atoms with Crippen molar-refractivity contribution in [2.75, 3.05) is 13.7 Å². The predicted octanol–water partition coefficient (Wildman–Crippen LogP) is 3.64. The van der Waals surface area contributed by atoms with E-state index in [1.165, 1.54) is 28.2 Å². The Labute approximate surface area is 122 Å². The second kappa shape index (κ2) is 7.03. The molecule has 3 nitrogen and oxygen atoms in total. The standard InChI is InChI=1S/C14H18N2OS2/c1-10-4-5-12(8-11(10)2)9-18-14-15-13(16-19-14)6-7-17-3/h4-5,8H,6-7,9H2,1-3H3. The van der Waals surface area contributed by atoms with Gasteiger partial charge in [-0.05, 0) is 42.1 Å². The lowest BCUT2D eigenvalue weighted by Gasteiger charge is -2.03. The molecule has 2 rings (SSSR count). The van der Waals surface area contributed by atoms with E-state index in [1.54, 1.807) is 18.9 Å². The van der Waals surface area contributed by atoms with Gasteiger partial charge in [0.25, 0.3) is 0 Å². The third kappa shape index (κ3) is 4.30. The summed E-state index contributed by atoms with van der Waals surface area (Å²) in [6.07, 6.45) is 0.789. The number of nitrogens with zero attached hydrogens (tertiary/aromatic N) is 2. The van der Waals surface area contributed by atoms with Gasteiger partial charge in [0.2, 0.25) is 0 Å². The van der Waals surface area contributed by atoms with E-state index >= 15 is 0 Å². The normalized spacial score (nSPS) is 10.9. The maximum Gasteiger partial charge on any atom is 0.170 e. The molecule has 1 aromatic heterocycles. The Morgan fingerprint density at radius 2 is 2.11 bits per heavy atom. The summed E-state index contributed by atoms with van der Waals surface area (Å²) in [4.78, 5) is 4.49. The summed E-state index contributed by atoms with van der Waals surface area (Å²) in [5.74, 6) is 1.83. The van der Waals surface area contributed by atoms with E-state index in [0.29, 0.717) is 6.61 Å². The summed E-state index contributed by atoms with van der Waals surface area (Å²) in [7, 11) is 1.70. The summed E-state index contributed by atoms with van der Waals surface area (Å²) >= 11 is 3.22. The lowest BCUT2D eigenvalue weighted by atomic mass is 10.1. The van der Waals surface area contributed by atoms with Crippen LogP contribution in [0.4, 0.5) is 0 Å². The summed E-state index contributed by atoms with van der Waals surface area (Å²) in [6, 6.07) is 6.60. The molecule has 0 N–H and O–H groups in total. The monoisotopic (exact) mass is 294 g/mol. The first-order chi connectivity index (χ1) is 9.19. The Morgan fingerprint density at radius 1 is 1.26 bits per heavy atom. The second-order valence-corrected chi connectivity index (χ2v) is 6.40. The van der Waals surface area contributed by atoms with Gasteiger partial charge in [0.15, 0.2) is 4.34 Å². The molecule has 0 fully saturated rings. The minimum atomic E-state index is 0.679. The largest absolute Gasteiger partial charge is 0.384 e. The molecule has 2 aromatic rings. The number of methoxy groups -OCH3 is 1. The van der Waals surface area contributed by atoms with E-state index in [4.69, 9.17) is 4.74 Å². The van der Waals surface area contributed by atoms with Crippen molar-refractivity contribution in [1.29, 1.82) is 0 Å². The molecule has 0 radical (unpaired) electrons. The molecule has 19 heavy (non-hydrogen) atoms. The molecule has 0 aliphatic carbocycles. The molecule has 1 heterocycles. The first-order valence-electron chi connectivity index (χ1n) is 6.19. The maximum absolute atomic E-state index is 5.03. The zero-order valence-electron chi connectivity index (χ0n) is 11.5. The van der Waals surface area contributed by atoms with Crippen LogP contribution >= 0.6 is 23.3 Å². The van der Waals surface area contributed by atoms with Gasteiger partial charge in [-0.1, -0.05) is 30.0 Å². The molecule has 5 heteroatoms. The average molecular weight is 294 g/mol. The summed E-state index contributed by atoms with van der Waals surface area (Å²) in [5.41, 5.74) is 4.02. The van der Waals surface area contributed by atoms with Gasteiger partial charge in [-0.3, -0.25) is 0 Å². The number of rotatable bonds is 6. The van der Waals surface area contributed by atoms with Crippen LogP contribution in [-0.2, 0) is 16.9 Å². The van der Waals surface area contributed by atoms with Crippen LogP contribution in [0.3, 0.4) is 0 Å². The summed E-state index contributed by atoms with van der Waals surface area (Å²) in [5, 5.41) is 0. The average Bonchev–Trinajstić information content (AvgIpc) is 2.86. The van der Waals surface area contributed by atoms with Gasteiger partial charge in [0.05, 0.1) is 6.61 Å². The van der Waals surface area contributed by atoms with Crippen LogP contribution in [-0.4, -0.2) is 23.1 Å². The number of hydrogen-bond acceptors (Lipinski definition) is 5. The Kier molecular flexibility index (Phi) is 5.36. The first-order valence-corrected chi connectivity index (χ1v) is 7.95. The fourth-order valence-corrected chi connectivity index (χ4v) is 3.23. The van der Waals surface area contributed by atoms with Gasteiger partial charge in [0.1, 0.15) is 5.82 Å². The summed E-state index contributed by atoms with van der Waals surface area (Å²) < 4.78 is 10.4. The number of hydrogen-bond donors (Lipinski definition) is 0. The number of benzene rings is 1. The minimum Gasteiger partial charge on any atom is -0.384 e. The van der Waals surface area contributed by atoms with Crippen molar-refractivity contribution in [1.82, 2.24) is 9.36 Å². The minimum absolute atomic E-state index is 0.679. The SMILES string of the molecule is COCCc1nsc(SCc2ccc(C)c(C)c2)n1. The highest BCUT2D eigenvalue weighted by Crippen LogP contribution is 2.25. The third-order valence-electron chi connectivity index (χ3n) is 2.91. The van der Waals surface area contributed by atoms with Gasteiger partial charge < -0.3 is 4.74 Å². The van der Waals surface area contributed by atoms with Crippen LogP contribution < -0.4 is 0 Å². The zero-order chi connectivity index (χ0) is 13.7. The molecule has 0 unspecified atom stereocenters. The van der Waals surface area contributed by atoms with Crippen molar-refractivity contribution in [3.05, 3.63) is 40.7 Å². The Morgan fingerprint density at radius 3 is 2.84 bits per heavy atom. The molecular formula is C14H18N2OS2. The zero-order valence-corrected chi connectivity index (χ0v) is 13.1. The third-order valence-corrected chi connectivity index (χ3v) is 4.86. The fraction of sp³-hybridized carbons (Fsp3) is 0.429.